The van der Waals surface area contributed by atoms with E-state index < -0.39 is 15.5 Å². The van der Waals surface area contributed by atoms with Gasteiger partial charge in [0.1, 0.15) is 27.4 Å². The third-order valence-corrected chi connectivity index (χ3v) is 8.13. The van der Waals surface area contributed by atoms with Crippen LogP contribution >= 0.6 is 0 Å². The molecule has 1 N–H and O–H groups in total. The average molecular weight is 411 g/mol. The molecule has 0 bridgehead atoms. The molecule has 1 aliphatic carbocycles. The van der Waals surface area contributed by atoms with E-state index >= 15 is 0 Å². The van der Waals surface area contributed by atoms with E-state index in [0.29, 0.717) is 25.3 Å². The second-order valence-electron chi connectivity index (χ2n) is 7.73. The summed E-state index contributed by atoms with van der Waals surface area (Å²) in [4.78, 5) is 11.7. The van der Waals surface area contributed by atoms with Crippen LogP contribution in [0.15, 0.2) is 35.3 Å². The first-order valence-electron chi connectivity index (χ1n) is 9.76. The van der Waals surface area contributed by atoms with Crippen LogP contribution in [0.1, 0.15) is 26.2 Å². The summed E-state index contributed by atoms with van der Waals surface area (Å²) in [5.74, 6) is 0.503. The molecule has 1 atom stereocenters. The fourth-order valence-electron chi connectivity index (χ4n) is 3.84. The Labute approximate surface area is 169 Å². The highest BCUT2D eigenvalue weighted by atomic mass is 32.2. The van der Waals surface area contributed by atoms with E-state index in [1.807, 2.05) is 34.4 Å². The SMILES string of the molecule is CC[S@@](=O)(=NC1CC1)N1CC(CC#N)(n2cc(-c3ncnc4[nH]ccc34)cn2)C1. The molecule has 5 rings (SSSR count). The standard InChI is InChI=1S/C19H22N8OS/c1-2-29(28,25-15-3-4-15)26-11-19(12-26,6-7-20)27-10-14(9-24-27)17-16-5-8-21-18(16)23-13-22-17/h5,8-10,13,15H,2-4,6,11-12H2,1H3,(H,21,22,23)/t29-/m1/s1. The van der Waals surface area contributed by atoms with Crippen LogP contribution in [-0.2, 0) is 15.5 Å². The van der Waals surface area contributed by atoms with Gasteiger partial charge in [-0.3, -0.25) is 4.68 Å². The highest BCUT2D eigenvalue weighted by Crippen LogP contribution is 2.37. The van der Waals surface area contributed by atoms with Crippen LogP contribution in [0.5, 0.6) is 0 Å². The van der Waals surface area contributed by atoms with Crippen molar-refractivity contribution in [3.8, 4) is 17.3 Å². The van der Waals surface area contributed by atoms with Crippen molar-refractivity contribution in [3.63, 3.8) is 0 Å². The van der Waals surface area contributed by atoms with Gasteiger partial charge in [0.2, 0.25) is 0 Å². The Morgan fingerprint density at radius 3 is 2.97 bits per heavy atom. The van der Waals surface area contributed by atoms with E-state index in [1.54, 1.807) is 6.20 Å². The molecular formula is C19H22N8OS. The van der Waals surface area contributed by atoms with Crippen LogP contribution in [0.3, 0.4) is 0 Å². The lowest BCUT2D eigenvalue weighted by Gasteiger charge is -2.49. The van der Waals surface area contributed by atoms with Crippen molar-refractivity contribution in [1.29, 1.82) is 5.26 Å². The Hall–Kier alpha value is -2.77. The topological polar surface area (TPSA) is 116 Å². The molecule has 2 fully saturated rings. The van der Waals surface area contributed by atoms with Crippen molar-refractivity contribution < 1.29 is 4.21 Å². The van der Waals surface area contributed by atoms with E-state index in [-0.39, 0.29) is 6.04 Å². The van der Waals surface area contributed by atoms with Crippen LogP contribution in [0, 0.1) is 11.3 Å². The molecule has 4 heterocycles. The van der Waals surface area contributed by atoms with Crippen molar-refractivity contribution in [3.05, 3.63) is 31.0 Å². The van der Waals surface area contributed by atoms with E-state index in [0.717, 1.165) is 35.1 Å². The normalized spacial score (nSPS) is 20.7. The summed E-state index contributed by atoms with van der Waals surface area (Å²) in [6.07, 6.45) is 9.41. The van der Waals surface area contributed by atoms with Crippen molar-refractivity contribution in [2.45, 2.75) is 37.8 Å². The van der Waals surface area contributed by atoms with Crippen LogP contribution in [0.25, 0.3) is 22.3 Å². The maximum atomic E-state index is 13.3. The number of nitrogens with one attached hydrogen (secondary N) is 1. The Morgan fingerprint density at radius 1 is 1.41 bits per heavy atom. The van der Waals surface area contributed by atoms with Gasteiger partial charge >= 0.3 is 0 Å². The lowest BCUT2D eigenvalue weighted by molar-refractivity contribution is 0.0749. The number of rotatable bonds is 6. The molecule has 3 aromatic rings. The molecule has 3 aromatic heterocycles. The Bertz CT molecular complexity index is 1220. The predicted octanol–water partition coefficient (Wildman–Crippen LogP) is 2.31. The fourth-order valence-corrected chi connectivity index (χ4v) is 6.05. The third kappa shape index (κ3) is 3.01. The zero-order valence-electron chi connectivity index (χ0n) is 16.2. The highest BCUT2D eigenvalue weighted by molar-refractivity contribution is 7.91. The summed E-state index contributed by atoms with van der Waals surface area (Å²) in [7, 11) is -2.39. The van der Waals surface area contributed by atoms with Gasteiger partial charge in [-0.2, -0.15) is 10.4 Å². The lowest BCUT2D eigenvalue weighted by atomic mass is 9.89. The van der Waals surface area contributed by atoms with E-state index in [4.69, 9.17) is 0 Å². The number of hydrogen-bond acceptors (Lipinski definition) is 6. The lowest BCUT2D eigenvalue weighted by Crippen LogP contribution is -2.64. The molecule has 0 radical (unpaired) electrons. The molecule has 0 spiro atoms. The van der Waals surface area contributed by atoms with Gasteiger partial charge in [-0.25, -0.2) is 22.8 Å². The third-order valence-electron chi connectivity index (χ3n) is 5.69. The van der Waals surface area contributed by atoms with Gasteiger partial charge in [0, 0.05) is 42.2 Å². The molecule has 10 heteroatoms. The summed E-state index contributed by atoms with van der Waals surface area (Å²) < 4.78 is 21.6. The molecule has 0 amide bonds. The minimum atomic E-state index is -2.39. The van der Waals surface area contributed by atoms with Gasteiger partial charge < -0.3 is 4.98 Å². The Morgan fingerprint density at radius 2 is 2.24 bits per heavy atom. The Kier molecular flexibility index (Phi) is 4.18. The number of fused-ring (bicyclic) bond motifs is 1. The molecule has 1 saturated heterocycles. The Balaban J connectivity index is 1.46. The van der Waals surface area contributed by atoms with Gasteiger partial charge in [-0.05, 0) is 18.9 Å². The monoisotopic (exact) mass is 410 g/mol. The number of H-pyrrole nitrogens is 1. The van der Waals surface area contributed by atoms with Crippen LogP contribution < -0.4 is 0 Å². The van der Waals surface area contributed by atoms with Crippen molar-refractivity contribution in [2.75, 3.05) is 18.8 Å². The second-order valence-corrected chi connectivity index (χ2v) is 10.2. The maximum Gasteiger partial charge on any atom is 0.141 e. The summed E-state index contributed by atoms with van der Waals surface area (Å²) in [6, 6.07) is 4.47. The van der Waals surface area contributed by atoms with Gasteiger partial charge in [-0.15, -0.1) is 0 Å². The molecule has 29 heavy (non-hydrogen) atoms. The van der Waals surface area contributed by atoms with E-state index in [2.05, 4.69) is 30.5 Å². The first-order chi connectivity index (χ1) is 14.1. The molecule has 0 aromatic carbocycles. The van der Waals surface area contributed by atoms with Gasteiger partial charge in [0.15, 0.2) is 0 Å². The first kappa shape index (κ1) is 18.3. The summed E-state index contributed by atoms with van der Waals surface area (Å²) >= 11 is 0. The minimum absolute atomic E-state index is 0.242. The summed E-state index contributed by atoms with van der Waals surface area (Å²) in [5, 5.41) is 14.9. The number of aromatic amines is 1. The largest absolute Gasteiger partial charge is 0.346 e. The maximum absolute atomic E-state index is 13.3. The quantitative estimate of drug-likeness (QED) is 0.669. The smallest absolute Gasteiger partial charge is 0.141 e. The van der Waals surface area contributed by atoms with Crippen LogP contribution in [0.4, 0.5) is 0 Å². The van der Waals surface area contributed by atoms with Crippen molar-refractivity contribution in [1.82, 2.24) is 29.0 Å². The molecular weight excluding hydrogens is 388 g/mol. The first-order valence-corrected chi connectivity index (χ1v) is 11.4. The fraction of sp³-hybridized carbons (Fsp3) is 0.474. The minimum Gasteiger partial charge on any atom is -0.346 e. The number of hydrogen-bond donors (Lipinski definition) is 1. The molecule has 2 aliphatic rings. The van der Waals surface area contributed by atoms with Gasteiger partial charge in [0.05, 0.1) is 30.4 Å². The number of nitriles is 1. The molecule has 1 saturated carbocycles. The van der Waals surface area contributed by atoms with Crippen molar-refractivity contribution in [2.24, 2.45) is 4.36 Å². The highest BCUT2D eigenvalue weighted by Gasteiger charge is 2.49. The van der Waals surface area contributed by atoms with Crippen LogP contribution in [-0.4, -0.2) is 58.1 Å². The second kappa shape index (κ2) is 6.64. The summed E-state index contributed by atoms with van der Waals surface area (Å²) in [6.45, 7) is 2.93. The zero-order chi connectivity index (χ0) is 20.1. The van der Waals surface area contributed by atoms with E-state index in [1.165, 1.54) is 6.33 Å². The predicted molar refractivity (Wildman–Crippen MR) is 109 cm³/mol. The van der Waals surface area contributed by atoms with Crippen LogP contribution in [0.2, 0.25) is 0 Å². The zero-order valence-corrected chi connectivity index (χ0v) is 17.0. The number of aromatic nitrogens is 5. The van der Waals surface area contributed by atoms with Crippen molar-refractivity contribution >= 4 is 20.9 Å². The average Bonchev–Trinajstić information content (AvgIpc) is 3.18. The van der Waals surface area contributed by atoms with Gasteiger partial charge in [0.25, 0.3) is 0 Å². The number of nitrogens with zero attached hydrogens (tertiary/aromatic N) is 7. The molecule has 1 aliphatic heterocycles. The molecule has 150 valence electrons. The summed E-state index contributed by atoms with van der Waals surface area (Å²) in [5.41, 5.74) is 1.95. The van der Waals surface area contributed by atoms with E-state index in [9.17, 15) is 9.47 Å². The molecule has 9 nitrogen and oxygen atoms in total. The molecule has 0 unspecified atom stereocenters. The van der Waals surface area contributed by atoms with Gasteiger partial charge in [-0.1, -0.05) is 6.92 Å².